The van der Waals surface area contributed by atoms with E-state index in [1.54, 1.807) is 19.1 Å². The predicted molar refractivity (Wildman–Crippen MR) is 83.2 cm³/mol. The molecule has 124 valence electrons. The van der Waals surface area contributed by atoms with Gasteiger partial charge >= 0.3 is 5.97 Å². The second kappa shape index (κ2) is 6.69. The van der Waals surface area contributed by atoms with Gasteiger partial charge in [-0.2, -0.15) is 0 Å². The Hall–Kier alpha value is -1.91. The fourth-order valence-corrected chi connectivity index (χ4v) is 3.38. The highest BCUT2D eigenvalue weighted by Crippen LogP contribution is 2.48. The van der Waals surface area contributed by atoms with Crippen LogP contribution in [-0.2, 0) is 14.3 Å². The fraction of sp³-hybridized carbons (Fsp3) is 0.556. The van der Waals surface area contributed by atoms with Crippen molar-refractivity contribution < 1.29 is 18.7 Å². The zero-order chi connectivity index (χ0) is 16.4. The first kappa shape index (κ1) is 16.0. The molecule has 2 fully saturated rings. The van der Waals surface area contributed by atoms with E-state index in [2.05, 4.69) is 0 Å². The lowest BCUT2D eigenvalue weighted by atomic mass is 9.96. The molecule has 1 heterocycles. The van der Waals surface area contributed by atoms with Crippen LogP contribution in [0.4, 0.5) is 4.39 Å². The van der Waals surface area contributed by atoms with Crippen LogP contribution >= 0.6 is 0 Å². The highest BCUT2D eigenvalue weighted by molar-refractivity contribution is 5.83. The molecule has 0 spiro atoms. The average molecular weight is 319 g/mol. The normalized spacial score (nSPS) is 24.3. The lowest BCUT2D eigenvalue weighted by Gasteiger charge is -2.31. The first-order chi connectivity index (χ1) is 11.1. The summed E-state index contributed by atoms with van der Waals surface area (Å²) in [7, 11) is 0. The highest BCUT2D eigenvalue weighted by atomic mass is 19.1. The second-order valence-corrected chi connectivity index (χ2v) is 6.35. The van der Waals surface area contributed by atoms with Crippen LogP contribution in [0.2, 0.25) is 0 Å². The van der Waals surface area contributed by atoms with Gasteiger partial charge in [-0.3, -0.25) is 9.59 Å². The van der Waals surface area contributed by atoms with Gasteiger partial charge in [0.25, 0.3) is 0 Å². The lowest BCUT2D eigenvalue weighted by Crippen LogP contribution is -2.41. The van der Waals surface area contributed by atoms with Gasteiger partial charge in [0.15, 0.2) is 0 Å². The number of carbonyl (C=O) groups is 2. The second-order valence-electron chi connectivity index (χ2n) is 6.35. The van der Waals surface area contributed by atoms with Crippen molar-refractivity contribution in [3.8, 4) is 0 Å². The quantitative estimate of drug-likeness (QED) is 0.802. The lowest BCUT2D eigenvalue weighted by molar-refractivity contribution is -0.151. The fourth-order valence-electron chi connectivity index (χ4n) is 3.38. The van der Waals surface area contributed by atoms with Gasteiger partial charge in [-0.15, -0.1) is 0 Å². The van der Waals surface area contributed by atoms with E-state index in [9.17, 15) is 14.0 Å². The Bertz CT molecular complexity index is 578. The maximum absolute atomic E-state index is 13.0. The van der Waals surface area contributed by atoms with Crippen LogP contribution in [0.3, 0.4) is 0 Å². The summed E-state index contributed by atoms with van der Waals surface area (Å²) in [6.07, 6.45) is 2.19. The number of benzene rings is 1. The topological polar surface area (TPSA) is 46.6 Å². The Morgan fingerprint density at radius 3 is 2.48 bits per heavy atom. The minimum absolute atomic E-state index is 0.0135. The van der Waals surface area contributed by atoms with E-state index in [-0.39, 0.29) is 35.4 Å². The molecule has 0 bridgehead atoms. The monoisotopic (exact) mass is 319 g/mol. The molecular formula is C18H22FNO3. The average Bonchev–Trinajstić information content (AvgIpc) is 3.36. The summed E-state index contributed by atoms with van der Waals surface area (Å²) < 4.78 is 18.0. The molecule has 1 aliphatic heterocycles. The maximum atomic E-state index is 13.0. The van der Waals surface area contributed by atoms with Gasteiger partial charge in [0.05, 0.1) is 12.5 Å². The van der Waals surface area contributed by atoms with Crippen molar-refractivity contribution in [1.29, 1.82) is 0 Å². The Balaban J connectivity index is 1.51. The van der Waals surface area contributed by atoms with Crippen molar-refractivity contribution in [2.45, 2.75) is 32.1 Å². The number of likely N-dealkylation sites (tertiary alicyclic amines) is 1. The van der Waals surface area contributed by atoms with Crippen molar-refractivity contribution >= 4 is 11.9 Å². The van der Waals surface area contributed by atoms with Gasteiger partial charge in [-0.05, 0) is 49.8 Å². The van der Waals surface area contributed by atoms with E-state index in [1.165, 1.54) is 12.1 Å². The predicted octanol–water partition coefficient (Wildman–Crippen LogP) is 2.73. The number of hydrogen-bond donors (Lipinski definition) is 0. The van der Waals surface area contributed by atoms with Gasteiger partial charge in [0.2, 0.25) is 5.91 Å². The smallest absolute Gasteiger partial charge is 0.309 e. The SMILES string of the molecule is CCOC(=O)C1CCN(C(=O)C2CC2c2ccc(F)cc2)CC1. The van der Waals surface area contributed by atoms with E-state index >= 15 is 0 Å². The summed E-state index contributed by atoms with van der Waals surface area (Å²) in [5.41, 5.74) is 1.03. The number of carbonyl (C=O) groups excluding carboxylic acids is 2. The highest BCUT2D eigenvalue weighted by Gasteiger charge is 2.46. The van der Waals surface area contributed by atoms with E-state index in [0.29, 0.717) is 32.5 Å². The largest absolute Gasteiger partial charge is 0.466 e. The minimum Gasteiger partial charge on any atom is -0.466 e. The molecule has 5 heteroatoms. The molecule has 0 radical (unpaired) electrons. The Morgan fingerprint density at radius 1 is 1.22 bits per heavy atom. The number of piperidine rings is 1. The molecule has 23 heavy (non-hydrogen) atoms. The summed E-state index contributed by atoms with van der Waals surface area (Å²) >= 11 is 0. The Labute approximate surface area is 135 Å². The Morgan fingerprint density at radius 2 is 1.87 bits per heavy atom. The van der Waals surface area contributed by atoms with E-state index in [1.807, 2.05) is 4.90 Å². The van der Waals surface area contributed by atoms with Gasteiger partial charge < -0.3 is 9.64 Å². The maximum Gasteiger partial charge on any atom is 0.309 e. The molecule has 3 rings (SSSR count). The van der Waals surface area contributed by atoms with Crippen molar-refractivity contribution in [3.63, 3.8) is 0 Å². The van der Waals surface area contributed by atoms with Crippen molar-refractivity contribution in [2.75, 3.05) is 19.7 Å². The van der Waals surface area contributed by atoms with E-state index in [4.69, 9.17) is 4.74 Å². The molecule has 1 amide bonds. The summed E-state index contributed by atoms with van der Waals surface area (Å²) in [4.78, 5) is 26.1. The van der Waals surface area contributed by atoms with Crippen LogP contribution in [0.25, 0.3) is 0 Å². The molecule has 0 N–H and O–H groups in total. The third-order valence-corrected chi connectivity index (χ3v) is 4.83. The molecular weight excluding hydrogens is 297 g/mol. The summed E-state index contributed by atoms with van der Waals surface area (Å²) in [6.45, 7) is 3.45. The van der Waals surface area contributed by atoms with E-state index < -0.39 is 0 Å². The first-order valence-corrected chi connectivity index (χ1v) is 8.31. The van der Waals surface area contributed by atoms with Crippen LogP contribution < -0.4 is 0 Å². The number of amides is 1. The van der Waals surface area contributed by atoms with Crippen molar-refractivity contribution in [3.05, 3.63) is 35.6 Å². The third kappa shape index (κ3) is 3.54. The van der Waals surface area contributed by atoms with Gasteiger partial charge in [-0.1, -0.05) is 12.1 Å². The molecule has 1 saturated heterocycles. The molecule has 4 nitrogen and oxygen atoms in total. The van der Waals surface area contributed by atoms with Gasteiger partial charge in [0, 0.05) is 19.0 Å². The molecule has 1 aromatic carbocycles. The van der Waals surface area contributed by atoms with E-state index in [0.717, 1.165) is 12.0 Å². The Kier molecular flexibility index (Phi) is 4.64. The number of hydrogen-bond acceptors (Lipinski definition) is 3. The van der Waals surface area contributed by atoms with Crippen molar-refractivity contribution in [1.82, 2.24) is 4.90 Å². The number of esters is 1. The number of ether oxygens (including phenoxy) is 1. The molecule has 2 atom stereocenters. The zero-order valence-corrected chi connectivity index (χ0v) is 13.3. The summed E-state index contributed by atoms with van der Waals surface area (Å²) in [5, 5.41) is 0. The molecule has 0 aromatic heterocycles. The standard InChI is InChI=1S/C18H22FNO3/c1-2-23-18(22)13-7-9-20(10-8-13)17(21)16-11-15(16)12-3-5-14(19)6-4-12/h3-6,13,15-16H,2,7-11H2,1H3. The van der Waals surface area contributed by atoms with Crippen molar-refractivity contribution in [2.24, 2.45) is 11.8 Å². The van der Waals surface area contributed by atoms with Crippen LogP contribution in [-0.4, -0.2) is 36.5 Å². The molecule has 2 unspecified atom stereocenters. The van der Waals surface area contributed by atoms with Crippen LogP contribution in [0.5, 0.6) is 0 Å². The van der Waals surface area contributed by atoms with Gasteiger partial charge in [-0.25, -0.2) is 4.39 Å². The number of nitrogens with zero attached hydrogens (tertiary/aromatic N) is 1. The molecule has 1 aliphatic carbocycles. The van der Waals surface area contributed by atoms with Crippen LogP contribution in [0, 0.1) is 17.7 Å². The summed E-state index contributed by atoms with van der Waals surface area (Å²) in [5.74, 6) is -0.0771. The molecule has 1 saturated carbocycles. The molecule has 2 aliphatic rings. The van der Waals surface area contributed by atoms with Crippen LogP contribution in [0.1, 0.15) is 37.7 Å². The molecule has 1 aromatic rings. The van der Waals surface area contributed by atoms with Crippen LogP contribution in [0.15, 0.2) is 24.3 Å². The first-order valence-electron chi connectivity index (χ1n) is 8.31. The van der Waals surface area contributed by atoms with Gasteiger partial charge in [0.1, 0.15) is 5.82 Å². The zero-order valence-electron chi connectivity index (χ0n) is 13.3. The summed E-state index contributed by atoms with van der Waals surface area (Å²) in [6, 6.07) is 6.42. The minimum atomic E-state index is -0.252. The number of halogens is 1. The number of rotatable bonds is 4. The third-order valence-electron chi connectivity index (χ3n) is 4.83.